The van der Waals surface area contributed by atoms with Crippen molar-refractivity contribution in [2.75, 3.05) is 11.9 Å². The second-order valence-electron chi connectivity index (χ2n) is 11.0. The maximum absolute atomic E-state index is 12.7. The fourth-order valence-electron chi connectivity index (χ4n) is 4.62. The van der Waals surface area contributed by atoms with Crippen LogP contribution in [0.3, 0.4) is 0 Å². The number of hydrogen-bond donors (Lipinski definition) is 3. The summed E-state index contributed by atoms with van der Waals surface area (Å²) in [5.74, 6) is -0.193. The van der Waals surface area contributed by atoms with Gasteiger partial charge in [-0.25, -0.2) is 14.2 Å². The molecule has 0 bridgehead atoms. The number of aryl methyl sites for hydroxylation is 1. The van der Waals surface area contributed by atoms with Crippen LogP contribution in [-0.4, -0.2) is 37.0 Å². The zero-order valence-electron chi connectivity index (χ0n) is 26.6. The third-order valence-corrected chi connectivity index (χ3v) is 7.36. The third-order valence-electron chi connectivity index (χ3n) is 6.93. The number of nitrogens with one attached hydrogen (secondary N) is 3. The highest BCUT2D eigenvalue weighted by atomic mass is 79.9. The maximum atomic E-state index is 12.7. The highest BCUT2D eigenvalue weighted by Crippen LogP contribution is 2.14. The van der Waals surface area contributed by atoms with Gasteiger partial charge in [0.15, 0.2) is 18.6 Å². The molecule has 2 unspecified atom stereocenters. The normalized spacial score (nSPS) is 11.9. The third kappa shape index (κ3) is 16.9. The average Bonchev–Trinajstić information content (AvgIpc) is 2.95. The highest BCUT2D eigenvalue weighted by molar-refractivity contribution is 9.10. The quantitative estimate of drug-likeness (QED) is 0.112. The monoisotopic (exact) mass is 696 g/mol. The van der Waals surface area contributed by atoms with Gasteiger partial charge in [0.1, 0.15) is 12.1 Å². The van der Waals surface area contributed by atoms with Crippen molar-refractivity contribution in [1.82, 2.24) is 10.6 Å². The van der Waals surface area contributed by atoms with Crippen molar-refractivity contribution in [1.29, 1.82) is 0 Å². The predicted molar refractivity (Wildman–Crippen MR) is 173 cm³/mol. The van der Waals surface area contributed by atoms with Crippen LogP contribution in [0.15, 0.2) is 47.2 Å². The molecule has 0 aliphatic rings. The van der Waals surface area contributed by atoms with Gasteiger partial charge in [0.2, 0.25) is 0 Å². The molecule has 44 heavy (non-hydrogen) atoms. The molecule has 9 nitrogen and oxygen atoms in total. The first-order valence-electron chi connectivity index (χ1n) is 15.7. The van der Waals surface area contributed by atoms with E-state index in [0.29, 0.717) is 17.7 Å². The van der Waals surface area contributed by atoms with Crippen molar-refractivity contribution >= 4 is 39.7 Å². The van der Waals surface area contributed by atoms with Crippen LogP contribution in [0.2, 0.25) is 0 Å². The van der Waals surface area contributed by atoms with E-state index in [1.54, 1.807) is 13.0 Å². The lowest BCUT2D eigenvalue weighted by Gasteiger charge is -2.18. The summed E-state index contributed by atoms with van der Waals surface area (Å²) in [4.78, 5) is 37.0. The van der Waals surface area contributed by atoms with Crippen LogP contribution < -0.4 is 32.9 Å². The van der Waals surface area contributed by atoms with Crippen LogP contribution in [0.5, 0.6) is 0 Å². The van der Waals surface area contributed by atoms with Gasteiger partial charge in [0.25, 0.3) is 5.91 Å². The highest BCUT2D eigenvalue weighted by Gasteiger charge is 2.16. The van der Waals surface area contributed by atoms with Gasteiger partial charge < -0.3 is 32.5 Å². The molecular weight excluding hydrogens is 648 g/mol. The summed E-state index contributed by atoms with van der Waals surface area (Å²) in [5.41, 5.74) is 2.18. The van der Waals surface area contributed by atoms with Crippen LogP contribution in [0, 0.1) is 0 Å². The van der Waals surface area contributed by atoms with E-state index in [0.717, 1.165) is 35.8 Å². The molecule has 1 aromatic heterocycles. The number of carbonyl (C=O) groups excluding carboxylic acids is 3. The molecule has 2 aromatic rings. The van der Waals surface area contributed by atoms with Crippen LogP contribution in [-0.2, 0) is 22.4 Å². The zero-order chi connectivity index (χ0) is 31.5. The number of carbonyl (C=O) groups is 3. The second-order valence-corrected chi connectivity index (χ2v) is 11.9. The molecule has 0 spiro atoms. The lowest BCUT2D eigenvalue weighted by Crippen LogP contribution is -3.00. The van der Waals surface area contributed by atoms with E-state index in [-0.39, 0.29) is 31.0 Å². The first kappa shape index (κ1) is 39.2. The molecule has 0 saturated heterocycles. The van der Waals surface area contributed by atoms with E-state index in [9.17, 15) is 14.4 Å². The molecule has 11 heteroatoms. The van der Waals surface area contributed by atoms with Crippen molar-refractivity contribution in [3.8, 4) is 0 Å². The SMILES string of the molecule is CCCCCCCCCCC(C)NC(=O)OC(C)NC(=O)OCCc1ccc(NC(=O)c2cc(Br)c[n+](CCC)c2)cc1.[Cl-]. The van der Waals surface area contributed by atoms with Crippen molar-refractivity contribution in [2.24, 2.45) is 0 Å². The van der Waals surface area contributed by atoms with Gasteiger partial charge in [-0.2, -0.15) is 0 Å². The van der Waals surface area contributed by atoms with Crippen molar-refractivity contribution in [3.63, 3.8) is 0 Å². The Bertz CT molecular complexity index is 1140. The average molecular weight is 698 g/mol. The van der Waals surface area contributed by atoms with E-state index in [4.69, 9.17) is 9.47 Å². The number of rotatable bonds is 19. The number of benzene rings is 1. The molecule has 2 rings (SSSR count). The molecule has 0 radical (unpaired) electrons. The van der Waals surface area contributed by atoms with Gasteiger partial charge in [0, 0.05) is 24.6 Å². The summed E-state index contributed by atoms with van der Waals surface area (Å²) in [6.45, 7) is 8.83. The Morgan fingerprint density at radius 3 is 2.18 bits per heavy atom. The summed E-state index contributed by atoms with van der Waals surface area (Å²) < 4.78 is 13.3. The smallest absolute Gasteiger partial charge is 0.409 e. The summed E-state index contributed by atoms with van der Waals surface area (Å²) in [6, 6.07) is 9.17. The van der Waals surface area contributed by atoms with Gasteiger partial charge in [-0.1, -0.05) is 77.3 Å². The summed E-state index contributed by atoms with van der Waals surface area (Å²) in [7, 11) is 0. The molecule has 3 N–H and O–H groups in total. The first-order chi connectivity index (χ1) is 20.7. The number of aromatic nitrogens is 1. The molecule has 2 atom stereocenters. The molecule has 0 saturated carbocycles. The van der Waals surface area contributed by atoms with E-state index in [1.807, 2.05) is 48.1 Å². The number of halogens is 2. The summed E-state index contributed by atoms with van der Waals surface area (Å²) in [6.07, 6.45) is 14.1. The van der Waals surface area contributed by atoms with Crippen LogP contribution >= 0.6 is 15.9 Å². The predicted octanol–water partition coefficient (Wildman–Crippen LogP) is 4.66. The van der Waals surface area contributed by atoms with Crippen molar-refractivity contribution in [2.45, 2.75) is 117 Å². The minimum absolute atomic E-state index is 0. The minimum Gasteiger partial charge on any atom is -1.00 e. The molecule has 3 amide bonds. The number of anilines is 1. The van der Waals surface area contributed by atoms with Gasteiger partial charge in [0.05, 0.1) is 11.1 Å². The first-order valence-corrected chi connectivity index (χ1v) is 16.5. The molecular formula is C33H50BrClN4O5. The van der Waals surface area contributed by atoms with E-state index >= 15 is 0 Å². The number of amides is 3. The number of unbranched alkanes of at least 4 members (excludes halogenated alkanes) is 7. The lowest BCUT2D eigenvalue weighted by atomic mass is 10.1. The number of hydrogen-bond acceptors (Lipinski definition) is 5. The number of alkyl carbamates (subject to hydrolysis) is 2. The standard InChI is InChI=1S/C33H49BrN4O5.ClH/c1-5-7-8-9-10-11-12-13-14-25(3)35-33(41)43-26(4)36-32(40)42-21-19-27-15-17-30(18-16-27)37-31(39)28-22-29(34)24-38(23-28)20-6-2;/h15-18,22-26H,5-14,19-21H2,1-4H3,(H2-,35,36,37,39,40,41);1H. The largest absolute Gasteiger partial charge is 1.00 e. The molecule has 0 aliphatic heterocycles. The number of pyridine rings is 1. The van der Waals surface area contributed by atoms with Crippen LogP contribution in [0.4, 0.5) is 15.3 Å². The minimum atomic E-state index is -0.826. The Hall–Kier alpha value is -2.85. The molecule has 1 aromatic carbocycles. The Kier molecular flexibility index (Phi) is 20.1. The van der Waals surface area contributed by atoms with E-state index < -0.39 is 18.4 Å². The second kappa shape index (κ2) is 22.6. The molecule has 0 aliphatic carbocycles. The maximum Gasteiger partial charge on any atom is 0.409 e. The summed E-state index contributed by atoms with van der Waals surface area (Å²) in [5, 5.41) is 8.25. The Labute approximate surface area is 277 Å². The Morgan fingerprint density at radius 2 is 1.52 bits per heavy atom. The fraction of sp³-hybridized carbons (Fsp3) is 0.576. The van der Waals surface area contributed by atoms with Gasteiger partial charge >= 0.3 is 12.2 Å². The Morgan fingerprint density at radius 1 is 0.864 bits per heavy atom. The van der Waals surface area contributed by atoms with Crippen LogP contribution in [0.1, 0.15) is 108 Å². The topological polar surface area (TPSA) is 110 Å². The van der Waals surface area contributed by atoms with Gasteiger partial charge in [-0.15, -0.1) is 0 Å². The zero-order valence-corrected chi connectivity index (χ0v) is 29.0. The van der Waals surface area contributed by atoms with Crippen molar-refractivity contribution in [3.05, 3.63) is 58.3 Å². The van der Waals surface area contributed by atoms with Gasteiger partial charge in [-0.3, -0.25) is 10.1 Å². The van der Waals surface area contributed by atoms with Gasteiger partial charge in [-0.05, 0) is 60.0 Å². The molecule has 1 heterocycles. The Balaban J connectivity index is 0.00000968. The van der Waals surface area contributed by atoms with E-state index in [1.165, 1.54) is 44.9 Å². The van der Waals surface area contributed by atoms with Crippen LogP contribution in [0.25, 0.3) is 0 Å². The lowest BCUT2D eigenvalue weighted by molar-refractivity contribution is -0.697. The number of nitrogens with zero attached hydrogens (tertiary/aromatic N) is 1. The van der Waals surface area contributed by atoms with Crippen molar-refractivity contribution < 1.29 is 40.8 Å². The summed E-state index contributed by atoms with van der Waals surface area (Å²) >= 11 is 3.46. The fourth-order valence-corrected chi connectivity index (χ4v) is 5.13. The molecule has 0 fully saturated rings. The number of ether oxygens (including phenoxy) is 2. The molecule has 246 valence electrons. The van der Waals surface area contributed by atoms with E-state index in [2.05, 4.69) is 45.7 Å².